The summed E-state index contributed by atoms with van der Waals surface area (Å²) in [5.74, 6) is 0. The third kappa shape index (κ3) is 3.49. The molecule has 124 valence electrons. The molecule has 1 aliphatic heterocycles. The molecule has 0 aliphatic carbocycles. The molecule has 1 heterocycles. The van der Waals surface area contributed by atoms with Gasteiger partial charge in [0.1, 0.15) is 0 Å². The second kappa shape index (κ2) is 6.12. The van der Waals surface area contributed by atoms with Crippen molar-refractivity contribution in [1.82, 2.24) is 6.15 Å². The van der Waals surface area contributed by atoms with Crippen LogP contribution in [-0.4, -0.2) is 17.0 Å². The van der Waals surface area contributed by atoms with Gasteiger partial charge in [-0.2, -0.15) is 13.2 Å². The zero-order valence-corrected chi connectivity index (χ0v) is 12.6. The van der Waals surface area contributed by atoms with E-state index < -0.39 is 27.9 Å². The number of rotatable bonds is 2. The number of hydrogen-bond donors (Lipinski definition) is 1. The van der Waals surface area contributed by atoms with Crippen LogP contribution in [0.1, 0.15) is 38.7 Å². The second-order valence-electron chi connectivity index (χ2n) is 5.88. The van der Waals surface area contributed by atoms with Gasteiger partial charge in [0.2, 0.25) is 0 Å². The van der Waals surface area contributed by atoms with E-state index in [0.717, 1.165) is 25.3 Å². The SMILES string of the molecule is CC1(C)CCCCN1c1ccc([N+](=O)[O-])cc1C(F)(F)F.N. The Balaban J connectivity index is 0.00000242. The van der Waals surface area contributed by atoms with Gasteiger partial charge in [-0.05, 0) is 39.2 Å². The van der Waals surface area contributed by atoms with Crippen LogP contribution in [0.4, 0.5) is 24.5 Å². The third-order valence-electron chi connectivity index (χ3n) is 3.94. The minimum atomic E-state index is -4.62. The van der Waals surface area contributed by atoms with Gasteiger partial charge < -0.3 is 11.1 Å². The summed E-state index contributed by atoms with van der Waals surface area (Å²) < 4.78 is 39.7. The summed E-state index contributed by atoms with van der Waals surface area (Å²) in [6.07, 6.45) is -2.04. The van der Waals surface area contributed by atoms with Gasteiger partial charge >= 0.3 is 6.18 Å². The standard InChI is InChI=1S/C14H17F3N2O2.H3N/c1-13(2)7-3-4-8-18(13)12-6-5-10(19(20)21)9-11(12)14(15,16)17;/h5-6,9H,3-4,7-8H2,1-2H3;1H3. The molecule has 1 fully saturated rings. The van der Waals surface area contributed by atoms with Crippen LogP contribution < -0.4 is 11.1 Å². The molecule has 0 saturated carbocycles. The first kappa shape index (κ1) is 18.2. The minimum absolute atomic E-state index is 0. The van der Waals surface area contributed by atoms with E-state index in [0.29, 0.717) is 12.6 Å². The van der Waals surface area contributed by atoms with E-state index in [2.05, 4.69) is 0 Å². The lowest BCUT2D eigenvalue weighted by atomic mass is 9.89. The highest BCUT2D eigenvalue weighted by Gasteiger charge is 2.40. The molecule has 1 aromatic carbocycles. The van der Waals surface area contributed by atoms with Crippen molar-refractivity contribution in [2.24, 2.45) is 0 Å². The number of alkyl halides is 3. The molecule has 2 rings (SSSR count). The minimum Gasteiger partial charge on any atom is -0.366 e. The van der Waals surface area contributed by atoms with E-state index in [1.807, 2.05) is 13.8 Å². The summed E-state index contributed by atoms with van der Waals surface area (Å²) >= 11 is 0. The fraction of sp³-hybridized carbons (Fsp3) is 0.571. The van der Waals surface area contributed by atoms with Gasteiger partial charge in [0, 0.05) is 29.9 Å². The zero-order valence-electron chi connectivity index (χ0n) is 12.6. The molecule has 3 N–H and O–H groups in total. The Morgan fingerprint density at radius 3 is 2.41 bits per heavy atom. The largest absolute Gasteiger partial charge is 0.418 e. The maximum atomic E-state index is 13.2. The van der Waals surface area contributed by atoms with Crippen molar-refractivity contribution in [3.63, 3.8) is 0 Å². The molecule has 1 aliphatic rings. The van der Waals surface area contributed by atoms with Crippen LogP contribution in [0.3, 0.4) is 0 Å². The summed E-state index contributed by atoms with van der Waals surface area (Å²) in [6.45, 7) is 4.31. The fourth-order valence-corrected chi connectivity index (χ4v) is 2.81. The van der Waals surface area contributed by atoms with Gasteiger partial charge in [-0.3, -0.25) is 10.1 Å². The van der Waals surface area contributed by atoms with Crippen LogP contribution in [0.15, 0.2) is 18.2 Å². The van der Waals surface area contributed by atoms with Crippen molar-refractivity contribution in [1.29, 1.82) is 0 Å². The Kier molecular flexibility index (Phi) is 5.06. The van der Waals surface area contributed by atoms with Crippen LogP contribution in [0.25, 0.3) is 0 Å². The predicted molar refractivity (Wildman–Crippen MR) is 78.4 cm³/mol. The Morgan fingerprint density at radius 2 is 1.91 bits per heavy atom. The monoisotopic (exact) mass is 319 g/mol. The lowest BCUT2D eigenvalue weighted by Crippen LogP contribution is -2.48. The lowest BCUT2D eigenvalue weighted by Gasteiger charge is -2.45. The Hall–Kier alpha value is -1.83. The van der Waals surface area contributed by atoms with Gasteiger partial charge in [-0.15, -0.1) is 0 Å². The molecule has 22 heavy (non-hydrogen) atoms. The zero-order chi connectivity index (χ0) is 15.8. The highest BCUT2D eigenvalue weighted by atomic mass is 19.4. The highest BCUT2D eigenvalue weighted by molar-refractivity contribution is 5.60. The summed E-state index contributed by atoms with van der Waals surface area (Å²) in [7, 11) is 0. The van der Waals surface area contributed by atoms with Crippen molar-refractivity contribution < 1.29 is 18.1 Å². The predicted octanol–water partition coefficient (Wildman–Crippen LogP) is 4.54. The van der Waals surface area contributed by atoms with Crippen LogP contribution >= 0.6 is 0 Å². The average molecular weight is 319 g/mol. The van der Waals surface area contributed by atoms with E-state index in [-0.39, 0.29) is 11.8 Å². The number of halogens is 3. The van der Waals surface area contributed by atoms with E-state index in [9.17, 15) is 23.3 Å². The Bertz CT molecular complexity index is 559. The number of hydrogen-bond acceptors (Lipinski definition) is 4. The normalized spacial score (nSPS) is 17.8. The molecule has 5 nitrogen and oxygen atoms in total. The summed E-state index contributed by atoms with van der Waals surface area (Å²) in [5, 5.41) is 10.7. The third-order valence-corrected chi connectivity index (χ3v) is 3.94. The van der Waals surface area contributed by atoms with Crippen LogP contribution in [-0.2, 0) is 6.18 Å². The molecule has 0 unspecified atom stereocenters. The van der Waals surface area contributed by atoms with E-state index in [1.54, 1.807) is 4.90 Å². The number of anilines is 1. The van der Waals surface area contributed by atoms with Crippen LogP contribution in [0, 0.1) is 10.1 Å². The van der Waals surface area contributed by atoms with E-state index >= 15 is 0 Å². The molecule has 1 aromatic rings. The molecule has 0 amide bonds. The van der Waals surface area contributed by atoms with E-state index in [1.165, 1.54) is 6.07 Å². The van der Waals surface area contributed by atoms with Gasteiger partial charge in [-0.1, -0.05) is 0 Å². The fourth-order valence-electron chi connectivity index (χ4n) is 2.81. The van der Waals surface area contributed by atoms with Crippen molar-refractivity contribution >= 4 is 11.4 Å². The van der Waals surface area contributed by atoms with Gasteiger partial charge in [0.05, 0.1) is 10.5 Å². The first-order valence-corrected chi connectivity index (χ1v) is 6.76. The van der Waals surface area contributed by atoms with Gasteiger partial charge in [-0.25, -0.2) is 0 Å². The van der Waals surface area contributed by atoms with Crippen molar-refractivity contribution in [3.8, 4) is 0 Å². The van der Waals surface area contributed by atoms with E-state index in [4.69, 9.17) is 0 Å². The average Bonchev–Trinajstić information content (AvgIpc) is 2.36. The van der Waals surface area contributed by atoms with Gasteiger partial charge in [0.15, 0.2) is 0 Å². The Morgan fingerprint density at radius 1 is 1.27 bits per heavy atom. The van der Waals surface area contributed by atoms with Crippen molar-refractivity contribution in [3.05, 3.63) is 33.9 Å². The number of benzene rings is 1. The molecule has 0 radical (unpaired) electrons. The maximum absolute atomic E-state index is 13.2. The van der Waals surface area contributed by atoms with Crippen molar-refractivity contribution in [2.75, 3.05) is 11.4 Å². The van der Waals surface area contributed by atoms with Crippen molar-refractivity contribution in [2.45, 2.75) is 44.8 Å². The first-order chi connectivity index (χ1) is 9.63. The summed E-state index contributed by atoms with van der Waals surface area (Å²) in [5.41, 5.74) is -1.85. The second-order valence-corrected chi connectivity index (χ2v) is 5.88. The number of piperidine rings is 1. The smallest absolute Gasteiger partial charge is 0.366 e. The lowest BCUT2D eigenvalue weighted by molar-refractivity contribution is -0.385. The molecule has 0 aromatic heterocycles. The molecule has 0 bridgehead atoms. The van der Waals surface area contributed by atoms with Crippen LogP contribution in [0.2, 0.25) is 0 Å². The quantitative estimate of drug-likeness (QED) is 0.640. The highest BCUT2D eigenvalue weighted by Crippen LogP contribution is 2.42. The summed E-state index contributed by atoms with van der Waals surface area (Å²) in [4.78, 5) is 11.6. The maximum Gasteiger partial charge on any atom is 0.418 e. The molecular weight excluding hydrogens is 299 g/mol. The topological polar surface area (TPSA) is 81.4 Å². The Labute approximate surface area is 126 Å². The summed E-state index contributed by atoms with van der Waals surface area (Å²) in [6, 6.07) is 2.98. The number of nitro groups is 1. The number of nitro benzene ring substituents is 1. The number of nitrogens with zero attached hydrogens (tertiary/aromatic N) is 2. The number of non-ortho nitro benzene ring substituents is 1. The molecule has 0 spiro atoms. The molecule has 8 heteroatoms. The molecule has 1 saturated heterocycles. The first-order valence-electron chi connectivity index (χ1n) is 6.76. The molecular formula is C14H20F3N3O2. The molecule has 0 atom stereocenters. The van der Waals surface area contributed by atoms with Gasteiger partial charge in [0.25, 0.3) is 5.69 Å². The van der Waals surface area contributed by atoms with Crippen LogP contribution in [0.5, 0.6) is 0 Å².